The van der Waals surface area contributed by atoms with Gasteiger partial charge in [-0.25, -0.2) is 0 Å². The van der Waals surface area contributed by atoms with Crippen molar-refractivity contribution in [1.82, 2.24) is 5.32 Å². The Bertz CT molecular complexity index is 551. The minimum atomic E-state index is -1.82. The number of halogens is 1. The van der Waals surface area contributed by atoms with Crippen molar-refractivity contribution in [3.63, 3.8) is 0 Å². The van der Waals surface area contributed by atoms with Gasteiger partial charge in [0.25, 0.3) is 0 Å². The van der Waals surface area contributed by atoms with E-state index in [4.69, 9.17) is 4.43 Å². The van der Waals surface area contributed by atoms with Crippen LogP contribution < -0.4 is 5.32 Å². The Morgan fingerprint density at radius 2 is 2.09 bits per heavy atom. The van der Waals surface area contributed by atoms with Crippen LogP contribution in [0.5, 0.6) is 0 Å². The molecule has 2 rings (SSSR count). The number of rotatable bonds is 5. The average Bonchev–Trinajstić information content (AvgIpc) is 2.74. The Hall–Kier alpha value is -0.423. The van der Waals surface area contributed by atoms with E-state index in [0.29, 0.717) is 6.04 Å². The van der Waals surface area contributed by atoms with Gasteiger partial charge in [-0.3, -0.25) is 0 Å². The molecule has 0 radical (unpaired) electrons. The Balaban J connectivity index is 2.32. The van der Waals surface area contributed by atoms with E-state index in [0.717, 1.165) is 13.0 Å². The Morgan fingerprint density at radius 3 is 2.68 bits per heavy atom. The summed E-state index contributed by atoms with van der Waals surface area (Å²) in [5.74, 6) is 0. The molecule has 22 heavy (non-hydrogen) atoms. The van der Waals surface area contributed by atoms with E-state index in [2.05, 4.69) is 79.9 Å². The monoisotopic (exact) mass is 381 g/mol. The van der Waals surface area contributed by atoms with Crippen molar-refractivity contribution in [2.75, 3.05) is 6.54 Å². The van der Waals surface area contributed by atoms with Crippen LogP contribution in [0.15, 0.2) is 35.3 Å². The van der Waals surface area contributed by atoms with Crippen molar-refractivity contribution in [2.45, 2.75) is 57.5 Å². The molecular formula is C18H28BrNOSi. The van der Waals surface area contributed by atoms with E-state index >= 15 is 0 Å². The molecule has 1 N–H and O–H groups in total. The minimum Gasteiger partial charge on any atom is -0.408 e. The third kappa shape index (κ3) is 3.56. The average molecular weight is 382 g/mol. The SMILES string of the molecule is C=CCNC1Cc2c(Br)cccc2C1O[Si](C)(C)C(C)(C)C. The molecule has 2 atom stereocenters. The molecular weight excluding hydrogens is 354 g/mol. The number of hydrogen-bond donors (Lipinski definition) is 1. The predicted octanol–water partition coefficient (Wildman–Crippen LogP) is 5.21. The van der Waals surface area contributed by atoms with Crippen molar-refractivity contribution in [1.29, 1.82) is 0 Å². The van der Waals surface area contributed by atoms with E-state index in [9.17, 15) is 0 Å². The van der Waals surface area contributed by atoms with Gasteiger partial charge < -0.3 is 9.74 Å². The molecule has 1 aromatic rings. The van der Waals surface area contributed by atoms with Gasteiger partial charge >= 0.3 is 0 Å². The maximum atomic E-state index is 6.78. The van der Waals surface area contributed by atoms with Gasteiger partial charge in [-0.1, -0.05) is 54.9 Å². The first-order valence-corrected chi connectivity index (χ1v) is 11.7. The molecule has 1 aliphatic carbocycles. The highest BCUT2D eigenvalue weighted by Gasteiger charge is 2.43. The molecule has 122 valence electrons. The minimum absolute atomic E-state index is 0.133. The maximum absolute atomic E-state index is 6.78. The van der Waals surface area contributed by atoms with Crippen molar-refractivity contribution in [2.24, 2.45) is 0 Å². The van der Waals surface area contributed by atoms with Crippen LogP contribution in [-0.2, 0) is 10.8 Å². The lowest BCUT2D eigenvalue weighted by Crippen LogP contribution is -2.45. The normalized spacial score (nSPS) is 21.7. The van der Waals surface area contributed by atoms with Gasteiger partial charge in [-0.15, -0.1) is 6.58 Å². The van der Waals surface area contributed by atoms with Gasteiger partial charge in [-0.05, 0) is 41.7 Å². The molecule has 0 heterocycles. The Labute approximate surface area is 144 Å². The van der Waals surface area contributed by atoms with Gasteiger partial charge in [0.1, 0.15) is 0 Å². The summed E-state index contributed by atoms with van der Waals surface area (Å²) in [4.78, 5) is 0. The lowest BCUT2D eigenvalue weighted by atomic mass is 10.1. The van der Waals surface area contributed by atoms with Crippen LogP contribution in [0, 0.1) is 0 Å². The van der Waals surface area contributed by atoms with Crippen molar-refractivity contribution < 1.29 is 4.43 Å². The fourth-order valence-corrected chi connectivity index (χ4v) is 4.48. The molecule has 0 aliphatic heterocycles. The van der Waals surface area contributed by atoms with Crippen LogP contribution in [0.25, 0.3) is 0 Å². The molecule has 0 amide bonds. The number of hydrogen-bond acceptors (Lipinski definition) is 2. The molecule has 1 aromatic carbocycles. The molecule has 2 nitrogen and oxygen atoms in total. The summed E-state index contributed by atoms with van der Waals surface area (Å²) in [6.07, 6.45) is 3.05. The number of fused-ring (bicyclic) bond motifs is 1. The van der Waals surface area contributed by atoms with Crippen molar-refractivity contribution in [3.05, 3.63) is 46.5 Å². The zero-order valence-corrected chi connectivity index (χ0v) is 17.0. The molecule has 0 saturated heterocycles. The Morgan fingerprint density at radius 1 is 1.41 bits per heavy atom. The van der Waals surface area contributed by atoms with Crippen molar-refractivity contribution in [3.8, 4) is 0 Å². The molecule has 0 saturated carbocycles. The highest BCUT2D eigenvalue weighted by Crippen LogP contribution is 2.44. The lowest BCUT2D eigenvalue weighted by Gasteiger charge is -2.40. The van der Waals surface area contributed by atoms with E-state index < -0.39 is 8.32 Å². The maximum Gasteiger partial charge on any atom is 0.192 e. The molecule has 0 bridgehead atoms. The summed E-state index contributed by atoms with van der Waals surface area (Å²) >= 11 is 3.70. The van der Waals surface area contributed by atoms with Crippen LogP contribution in [0.4, 0.5) is 0 Å². The molecule has 4 heteroatoms. The predicted molar refractivity (Wildman–Crippen MR) is 101 cm³/mol. The van der Waals surface area contributed by atoms with Crippen LogP contribution in [0.2, 0.25) is 18.1 Å². The third-order valence-electron chi connectivity index (χ3n) is 5.00. The van der Waals surface area contributed by atoms with E-state index in [1.807, 2.05) is 6.08 Å². The molecule has 2 unspecified atom stereocenters. The summed E-state index contributed by atoms with van der Waals surface area (Å²) in [6, 6.07) is 6.77. The summed E-state index contributed by atoms with van der Waals surface area (Å²) in [6.45, 7) is 16.2. The second kappa shape index (κ2) is 6.60. The second-order valence-electron chi connectivity index (χ2n) is 7.61. The lowest BCUT2D eigenvalue weighted by molar-refractivity contribution is 0.151. The van der Waals surface area contributed by atoms with E-state index in [-0.39, 0.29) is 11.1 Å². The van der Waals surface area contributed by atoms with Crippen molar-refractivity contribution >= 4 is 24.2 Å². The van der Waals surface area contributed by atoms with Crippen LogP contribution in [0.1, 0.15) is 38.0 Å². The van der Waals surface area contributed by atoms with Gasteiger partial charge in [0.2, 0.25) is 0 Å². The topological polar surface area (TPSA) is 21.3 Å². The summed E-state index contributed by atoms with van der Waals surface area (Å²) in [5.41, 5.74) is 2.72. The largest absolute Gasteiger partial charge is 0.408 e. The fraction of sp³-hybridized carbons (Fsp3) is 0.556. The Kier molecular flexibility index (Phi) is 5.37. The first-order valence-electron chi connectivity index (χ1n) is 7.97. The smallest absolute Gasteiger partial charge is 0.192 e. The number of nitrogens with one attached hydrogen (secondary N) is 1. The highest BCUT2D eigenvalue weighted by molar-refractivity contribution is 9.10. The fourth-order valence-electron chi connectivity index (χ4n) is 2.65. The van der Waals surface area contributed by atoms with E-state index in [1.165, 1.54) is 15.6 Å². The quantitative estimate of drug-likeness (QED) is 0.557. The van der Waals surface area contributed by atoms with Gasteiger partial charge in [0.05, 0.1) is 6.10 Å². The number of benzene rings is 1. The summed E-state index contributed by atoms with van der Waals surface area (Å²) < 4.78 is 7.97. The van der Waals surface area contributed by atoms with Gasteiger partial charge in [0, 0.05) is 17.1 Å². The molecule has 0 aromatic heterocycles. The van der Waals surface area contributed by atoms with Crippen LogP contribution in [-0.4, -0.2) is 20.9 Å². The van der Waals surface area contributed by atoms with Crippen LogP contribution >= 0.6 is 15.9 Å². The second-order valence-corrected chi connectivity index (χ2v) is 13.2. The molecule has 0 spiro atoms. The first kappa shape index (κ1) is 17.9. The summed E-state index contributed by atoms with van der Waals surface area (Å²) in [7, 11) is -1.82. The third-order valence-corrected chi connectivity index (χ3v) is 10.2. The highest BCUT2D eigenvalue weighted by atomic mass is 79.9. The zero-order chi connectivity index (χ0) is 16.5. The van der Waals surface area contributed by atoms with Crippen LogP contribution in [0.3, 0.4) is 0 Å². The van der Waals surface area contributed by atoms with Gasteiger partial charge in [-0.2, -0.15) is 0 Å². The first-order chi connectivity index (χ1) is 10.2. The van der Waals surface area contributed by atoms with Gasteiger partial charge in [0.15, 0.2) is 8.32 Å². The van der Waals surface area contributed by atoms with E-state index in [1.54, 1.807) is 0 Å². The zero-order valence-electron chi connectivity index (χ0n) is 14.4. The molecule has 0 fully saturated rings. The summed E-state index contributed by atoms with van der Waals surface area (Å²) in [5, 5.41) is 3.80. The molecule has 1 aliphatic rings. The standard InChI is InChI=1S/C18H28BrNOSi/c1-7-11-20-16-12-14-13(9-8-10-15(14)19)17(16)21-22(5,6)18(2,3)4/h7-10,16-17,20H,1,11-12H2,2-6H3.